The summed E-state index contributed by atoms with van der Waals surface area (Å²) in [7, 11) is -3.00. The Morgan fingerprint density at radius 2 is 1.50 bits per heavy atom. The van der Waals surface area contributed by atoms with Crippen molar-refractivity contribution in [1.29, 1.82) is 0 Å². The molecule has 0 aromatic heterocycles. The van der Waals surface area contributed by atoms with Gasteiger partial charge in [-0.1, -0.05) is 27.7 Å². The van der Waals surface area contributed by atoms with Crippen LogP contribution in [0.4, 0.5) is 0 Å². The molecule has 1 saturated carbocycles. The lowest BCUT2D eigenvalue weighted by atomic mass is 10.0. The third-order valence-electron chi connectivity index (χ3n) is 5.15. The van der Waals surface area contributed by atoms with Crippen LogP contribution in [-0.4, -0.2) is 32.0 Å². The molecular weight excluding hydrogens is 246 g/mol. The van der Waals surface area contributed by atoms with Gasteiger partial charge in [-0.05, 0) is 44.1 Å². The Bertz CT molecular complexity index is 388. The van der Waals surface area contributed by atoms with E-state index in [1.165, 1.54) is 0 Å². The lowest BCUT2D eigenvalue weighted by Crippen LogP contribution is -2.35. The third kappa shape index (κ3) is 2.74. The van der Waals surface area contributed by atoms with Crippen LogP contribution in [0.25, 0.3) is 0 Å². The molecule has 1 N–H and O–H groups in total. The molecule has 1 aliphatic rings. The fourth-order valence-corrected chi connectivity index (χ4v) is 3.63. The molecule has 0 aliphatic heterocycles. The summed E-state index contributed by atoms with van der Waals surface area (Å²) in [6, 6.07) is 0. The van der Waals surface area contributed by atoms with E-state index >= 15 is 0 Å². The number of sulfone groups is 1. The van der Waals surface area contributed by atoms with Gasteiger partial charge in [-0.15, -0.1) is 0 Å². The van der Waals surface area contributed by atoms with E-state index in [4.69, 9.17) is 0 Å². The van der Waals surface area contributed by atoms with Crippen molar-refractivity contribution in [3.8, 4) is 0 Å². The van der Waals surface area contributed by atoms with Gasteiger partial charge in [-0.25, -0.2) is 8.42 Å². The zero-order valence-electron chi connectivity index (χ0n) is 12.9. The molecule has 0 radical (unpaired) electrons. The van der Waals surface area contributed by atoms with Gasteiger partial charge in [0.15, 0.2) is 9.84 Å². The highest BCUT2D eigenvalue weighted by atomic mass is 32.2. The molecule has 0 bridgehead atoms. The Hall–Kier alpha value is -0.0900. The summed E-state index contributed by atoms with van der Waals surface area (Å²) >= 11 is 0. The molecule has 0 aromatic rings. The van der Waals surface area contributed by atoms with Crippen LogP contribution in [0.2, 0.25) is 0 Å². The molecule has 1 fully saturated rings. The van der Waals surface area contributed by atoms with Crippen molar-refractivity contribution in [2.45, 2.75) is 53.2 Å². The van der Waals surface area contributed by atoms with Gasteiger partial charge >= 0.3 is 0 Å². The minimum Gasteiger partial charge on any atom is -0.315 e. The molecule has 0 saturated heterocycles. The molecule has 1 aliphatic carbocycles. The molecule has 0 unspecified atom stereocenters. The molecule has 0 spiro atoms. The van der Waals surface area contributed by atoms with E-state index < -0.39 is 14.6 Å². The summed E-state index contributed by atoms with van der Waals surface area (Å²) in [4.78, 5) is 0. The van der Waals surface area contributed by atoms with E-state index in [0.29, 0.717) is 23.3 Å². The van der Waals surface area contributed by atoms with Crippen LogP contribution in [0.1, 0.15) is 48.5 Å². The molecule has 108 valence electrons. The van der Waals surface area contributed by atoms with Crippen molar-refractivity contribution in [2.24, 2.45) is 16.7 Å². The molecule has 18 heavy (non-hydrogen) atoms. The van der Waals surface area contributed by atoms with E-state index in [1.807, 2.05) is 0 Å². The van der Waals surface area contributed by atoms with Crippen LogP contribution >= 0.6 is 0 Å². The zero-order chi connectivity index (χ0) is 14.4. The average Bonchev–Trinajstić information content (AvgIpc) is 2.51. The van der Waals surface area contributed by atoms with Crippen molar-refractivity contribution >= 4 is 9.84 Å². The summed E-state index contributed by atoms with van der Waals surface area (Å²) in [5.41, 5.74) is 0.728. The summed E-state index contributed by atoms with van der Waals surface area (Å²) < 4.78 is 23.2. The van der Waals surface area contributed by atoms with Gasteiger partial charge in [0.2, 0.25) is 0 Å². The van der Waals surface area contributed by atoms with Crippen LogP contribution < -0.4 is 5.32 Å². The lowest BCUT2D eigenvalue weighted by molar-refractivity contribution is 0.457. The second kappa shape index (κ2) is 4.48. The predicted molar refractivity (Wildman–Crippen MR) is 77.5 cm³/mol. The summed E-state index contributed by atoms with van der Waals surface area (Å²) in [6.07, 6.45) is 0. The summed E-state index contributed by atoms with van der Waals surface area (Å²) in [5, 5.41) is 3.31. The first kappa shape index (κ1) is 16.0. The monoisotopic (exact) mass is 275 g/mol. The Kier molecular flexibility index (Phi) is 3.97. The highest BCUT2D eigenvalue weighted by Crippen LogP contribution is 2.67. The smallest absolute Gasteiger partial charge is 0.156 e. The predicted octanol–water partition coefficient (Wildman–Crippen LogP) is 2.47. The van der Waals surface area contributed by atoms with E-state index in [0.717, 1.165) is 6.54 Å². The minimum atomic E-state index is -3.00. The highest BCUT2D eigenvalue weighted by Gasteiger charge is 2.63. The molecule has 0 heterocycles. The number of nitrogens with one attached hydrogen (secondary N) is 1. The molecule has 3 nitrogen and oxygen atoms in total. The highest BCUT2D eigenvalue weighted by molar-refractivity contribution is 7.92. The molecular formula is C14H29NO2S. The van der Waals surface area contributed by atoms with E-state index in [2.05, 4.69) is 33.0 Å². The van der Waals surface area contributed by atoms with Gasteiger partial charge < -0.3 is 5.32 Å². The topological polar surface area (TPSA) is 46.2 Å². The molecule has 4 heteroatoms. The normalized spacial score (nSPS) is 23.1. The van der Waals surface area contributed by atoms with Gasteiger partial charge in [-0.3, -0.25) is 0 Å². The Morgan fingerprint density at radius 3 is 1.83 bits per heavy atom. The van der Waals surface area contributed by atoms with Crippen molar-refractivity contribution < 1.29 is 8.42 Å². The van der Waals surface area contributed by atoms with Crippen LogP contribution in [0.3, 0.4) is 0 Å². The van der Waals surface area contributed by atoms with Crippen molar-refractivity contribution in [3.63, 3.8) is 0 Å². The van der Waals surface area contributed by atoms with Crippen LogP contribution in [0, 0.1) is 16.7 Å². The second-order valence-corrected chi connectivity index (χ2v) is 10.5. The molecule has 0 atom stereocenters. The van der Waals surface area contributed by atoms with E-state index in [9.17, 15) is 8.42 Å². The summed E-state index contributed by atoms with van der Waals surface area (Å²) in [5.74, 6) is 0.867. The standard InChI is InChI=1S/C14H29NO2S/c1-12(2,3)18(16,17)9-8-15-10-11-13(4,5)14(11,6)7/h11,15H,8-10H2,1-7H3. The third-order valence-corrected chi connectivity index (χ3v) is 7.76. The first-order valence-electron chi connectivity index (χ1n) is 6.77. The number of hydrogen-bond acceptors (Lipinski definition) is 3. The largest absolute Gasteiger partial charge is 0.315 e. The van der Waals surface area contributed by atoms with Gasteiger partial charge in [0.1, 0.15) is 0 Å². The first-order chi connectivity index (χ1) is 7.84. The Labute approximate surface area is 113 Å². The molecule has 0 aromatic carbocycles. The molecule has 0 amide bonds. The number of hydrogen-bond donors (Lipinski definition) is 1. The van der Waals surface area contributed by atoms with Gasteiger partial charge in [0.05, 0.1) is 10.5 Å². The van der Waals surface area contributed by atoms with Gasteiger partial charge in [-0.2, -0.15) is 0 Å². The van der Waals surface area contributed by atoms with Gasteiger partial charge in [0, 0.05) is 6.54 Å². The van der Waals surface area contributed by atoms with E-state index in [-0.39, 0.29) is 5.75 Å². The van der Waals surface area contributed by atoms with Crippen LogP contribution in [0.15, 0.2) is 0 Å². The van der Waals surface area contributed by atoms with Gasteiger partial charge in [0.25, 0.3) is 0 Å². The summed E-state index contributed by atoms with van der Waals surface area (Å²) in [6.45, 7) is 15.9. The Morgan fingerprint density at radius 1 is 1.06 bits per heavy atom. The maximum atomic E-state index is 11.9. The SMILES string of the molecule is CC1(C)C(CNCCS(=O)(=O)C(C)(C)C)C1(C)C. The number of rotatable bonds is 5. The fourth-order valence-electron chi connectivity index (χ4n) is 2.60. The van der Waals surface area contributed by atoms with E-state index in [1.54, 1.807) is 20.8 Å². The fraction of sp³-hybridized carbons (Fsp3) is 1.00. The maximum Gasteiger partial charge on any atom is 0.156 e. The van der Waals surface area contributed by atoms with Crippen molar-refractivity contribution in [1.82, 2.24) is 5.32 Å². The van der Waals surface area contributed by atoms with Crippen molar-refractivity contribution in [2.75, 3.05) is 18.8 Å². The zero-order valence-corrected chi connectivity index (χ0v) is 13.7. The quantitative estimate of drug-likeness (QED) is 0.784. The maximum absolute atomic E-state index is 11.9. The lowest BCUT2D eigenvalue weighted by Gasteiger charge is -2.19. The van der Waals surface area contributed by atoms with Crippen LogP contribution in [-0.2, 0) is 9.84 Å². The minimum absolute atomic E-state index is 0.226. The van der Waals surface area contributed by atoms with Crippen LogP contribution in [0.5, 0.6) is 0 Å². The second-order valence-electron chi connectivity index (χ2n) is 7.63. The van der Waals surface area contributed by atoms with Crippen molar-refractivity contribution in [3.05, 3.63) is 0 Å². The Balaban J connectivity index is 2.34. The average molecular weight is 275 g/mol. The first-order valence-corrected chi connectivity index (χ1v) is 8.42. The molecule has 1 rings (SSSR count).